The van der Waals surface area contributed by atoms with Gasteiger partial charge in [0.1, 0.15) is 17.7 Å². The Bertz CT molecular complexity index is 661. The molecule has 0 amide bonds. The van der Waals surface area contributed by atoms with Gasteiger partial charge < -0.3 is 14.8 Å². The van der Waals surface area contributed by atoms with Gasteiger partial charge in [-0.15, -0.1) is 12.4 Å². The minimum absolute atomic E-state index is 0. The van der Waals surface area contributed by atoms with Crippen molar-refractivity contribution in [3.8, 4) is 5.75 Å². The Hall–Kier alpha value is -1.33. The van der Waals surface area contributed by atoms with Gasteiger partial charge in [0.2, 0.25) is 0 Å². The quantitative estimate of drug-likeness (QED) is 0.867. The van der Waals surface area contributed by atoms with Crippen molar-refractivity contribution in [2.24, 2.45) is 0 Å². The van der Waals surface area contributed by atoms with Crippen molar-refractivity contribution in [1.29, 1.82) is 0 Å². The zero-order valence-electron chi connectivity index (χ0n) is 13.3. The van der Waals surface area contributed by atoms with Gasteiger partial charge in [-0.1, -0.05) is 41.4 Å². The molecule has 0 spiro atoms. The first-order valence-corrected chi connectivity index (χ1v) is 8.02. The van der Waals surface area contributed by atoms with Gasteiger partial charge in [0.25, 0.3) is 0 Å². The molecular formula is C18H20Cl2FNO2. The minimum Gasteiger partial charge on any atom is -0.481 e. The number of nitrogens with one attached hydrogen (secondary N) is 1. The third-order valence-corrected chi connectivity index (χ3v) is 4.14. The molecule has 2 aromatic carbocycles. The lowest BCUT2D eigenvalue weighted by atomic mass is 10.0. The molecule has 0 bridgehead atoms. The normalized spacial score (nSPS) is 18.5. The van der Waals surface area contributed by atoms with E-state index in [1.807, 2.05) is 31.2 Å². The van der Waals surface area contributed by atoms with E-state index in [1.165, 1.54) is 17.7 Å². The van der Waals surface area contributed by atoms with E-state index in [1.54, 1.807) is 6.07 Å². The summed E-state index contributed by atoms with van der Waals surface area (Å²) in [4.78, 5) is 0. The lowest BCUT2D eigenvalue weighted by molar-refractivity contribution is -0.0432. The average Bonchev–Trinajstić information content (AvgIpc) is 2.56. The van der Waals surface area contributed by atoms with E-state index in [2.05, 4.69) is 5.32 Å². The van der Waals surface area contributed by atoms with Crippen molar-refractivity contribution >= 4 is 24.0 Å². The second-order valence-corrected chi connectivity index (χ2v) is 6.04. The van der Waals surface area contributed by atoms with Gasteiger partial charge in [-0.2, -0.15) is 0 Å². The maximum atomic E-state index is 13.2. The first-order valence-electron chi connectivity index (χ1n) is 7.64. The van der Waals surface area contributed by atoms with Crippen LogP contribution in [0, 0.1) is 12.7 Å². The molecule has 1 aliphatic rings. The molecule has 2 aromatic rings. The zero-order chi connectivity index (χ0) is 16.2. The Morgan fingerprint density at radius 1 is 1.25 bits per heavy atom. The maximum absolute atomic E-state index is 13.2. The summed E-state index contributed by atoms with van der Waals surface area (Å²) in [6, 6.07) is 12.3. The molecule has 0 aromatic heterocycles. The van der Waals surface area contributed by atoms with Gasteiger partial charge in [-0.25, -0.2) is 4.39 Å². The van der Waals surface area contributed by atoms with Crippen LogP contribution in [0.1, 0.15) is 17.2 Å². The number of ether oxygens (including phenoxy) is 2. The summed E-state index contributed by atoms with van der Waals surface area (Å²) in [5.74, 6) is 0.0673. The van der Waals surface area contributed by atoms with Gasteiger partial charge in [-0.3, -0.25) is 0 Å². The summed E-state index contributed by atoms with van der Waals surface area (Å²) < 4.78 is 25.2. The largest absolute Gasteiger partial charge is 0.481 e. The summed E-state index contributed by atoms with van der Waals surface area (Å²) >= 11 is 6.10. The van der Waals surface area contributed by atoms with E-state index in [0.29, 0.717) is 18.9 Å². The van der Waals surface area contributed by atoms with Crippen LogP contribution in [0.2, 0.25) is 5.02 Å². The molecule has 6 heteroatoms. The third-order valence-electron chi connectivity index (χ3n) is 3.85. The van der Waals surface area contributed by atoms with Crippen LogP contribution in [0.4, 0.5) is 4.39 Å². The van der Waals surface area contributed by atoms with Crippen LogP contribution < -0.4 is 10.1 Å². The number of benzene rings is 2. The predicted octanol–water partition coefficient (Wildman–Crippen LogP) is 4.32. The smallest absolute Gasteiger partial charge is 0.151 e. The highest BCUT2D eigenvalue weighted by Crippen LogP contribution is 2.32. The molecule has 1 saturated heterocycles. The second-order valence-electron chi connectivity index (χ2n) is 5.64. The first kappa shape index (κ1) is 19.0. The Morgan fingerprint density at radius 2 is 2.00 bits per heavy atom. The fourth-order valence-corrected chi connectivity index (χ4v) is 2.81. The lowest BCUT2D eigenvalue weighted by Gasteiger charge is -2.32. The number of hydrogen-bond donors (Lipinski definition) is 1. The Kier molecular flexibility index (Phi) is 6.87. The van der Waals surface area contributed by atoms with E-state index in [4.69, 9.17) is 21.1 Å². The van der Waals surface area contributed by atoms with Crippen LogP contribution in [0.5, 0.6) is 5.75 Å². The molecule has 1 heterocycles. The van der Waals surface area contributed by atoms with E-state index >= 15 is 0 Å². The Labute approximate surface area is 152 Å². The topological polar surface area (TPSA) is 30.5 Å². The van der Waals surface area contributed by atoms with Crippen LogP contribution in [0.25, 0.3) is 0 Å². The summed E-state index contributed by atoms with van der Waals surface area (Å²) in [5, 5.41) is 3.56. The molecule has 0 radical (unpaired) electrons. The number of aryl methyl sites for hydroxylation is 1. The molecule has 24 heavy (non-hydrogen) atoms. The third kappa shape index (κ3) is 4.61. The molecule has 1 fully saturated rings. The molecule has 130 valence electrons. The first-order chi connectivity index (χ1) is 11.1. The summed E-state index contributed by atoms with van der Waals surface area (Å²) in [6.07, 6.45) is -0.445. The molecule has 3 rings (SSSR count). The van der Waals surface area contributed by atoms with Crippen LogP contribution in [-0.4, -0.2) is 25.8 Å². The molecule has 1 N–H and O–H groups in total. The second kappa shape index (κ2) is 8.67. The van der Waals surface area contributed by atoms with Gasteiger partial charge in [-0.05, 0) is 30.7 Å². The monoisotopic (exact) mass is 371 g/mol. The van der Waals surface area contributed by atoms with Gasteiger partial charge in [0.15, 0.2) is 6.10 Å². The molecule has 2 atom stereocenters. The highest BCUT2D eigenvalue weighted by atomic mass is 35.5. The van der Waals surface area contributed by atoms with E-state index in [-0.39, 0.29) is 35.5 Å². The lowest BCUT2D eigenvalue weighted by Crippen LogP contribution is -2.43. The van der Waals surface area contributed by atoms with E-state index in [9.17, 15) is 4.39 Å². The van der Waals surface area contributed by atoms with E-state index < -0.39 is 0 Å². The SMILES string of the molecule is Cc1ccc([C@H](Oc2ccc(F)cc2Cl)[C@@H]2CNCCO2)cc1.Cl. The number of morpholine rings is 1. The summed E-state index contributed by atoms with van der Waals surface area (Å²) in [6.45, 7) is 4.19. The minimum atomic E-state index is -0.384. The van der Waals surface area contributed by atoms with Gasteiger partial charge >= 0.3 is 0 Å². The standard InChI is InChI=1S/C18H19ClFNO2.ClH/c1-12-2-4-13(5-3-12)18(17-11-21-8-9-22-17)23-16-7-6-14(20)10-15(16)19;/h2-7,10,17-18,21H,8-9,11H2,1H3;1H/t17-,18-;/m0./s1. The fourth-order valence-electron chi connectivity index (χ4n) is 2.60. The number of halogens is 3. The van der Waals surface area contributed by atoms with Gasteiger partial charge in [0, 0.05) is 13.1 Å². The van der Waals surface area contributed by atoms with Crippen molar-refractivity contribution in [1.82, 2.24) is 5.32 Å². The highest BCUT2D eigenvalue weighted by molar-refractivity contribution is 6.32. The fraction of sp³-hybridized carbons (Fsp3) is 0.333. The molecule has 1 aliphatic heterocycles. The van der Waals surface area contributed by atoms with Crippen LogP contribution >= 0.6 is 24.0 Å². The van der Waals surface area contributed by atoms with Crippen molar-refractivity contribution in [3.05, 3.63) is 64.4 Å². The number of rotatable bonds is 4. The number of hydrogen-bond acceptors (Lipinski definition) is 3. The van der Waals surface area contributed by atoms with E-state index in [0.717, 1.165) is 12.1 Å². The van der Waals surface area contributed by atoms with Crippen molar-refractivity contribution in [2.75, 3.05) is 19.7 Å². The summed E-state index contributed by atoms with van der Waals surface area (Å²) in [7, 11) is 0. The maximum Gasteiger partial charge on any atom is 0.151 e. The molecule has 0 saturated carbocycles. The van der Waals surface area contributed by atoms with Gasteiger partial charge in [0.05, 0.1) is 11.6 Å². The van der Waals surface area contributed by atoms with Crippen LogP contribution in [-0.2, 0) is 4.74 Å². The van der Waals surface area contributed by atoms with Crippen LogP contribution in [0.15, 0.2) is 42.5 Å². The molecule has 0 aliphatic carbocycles. The van der Waals surface area contributed by atoms with Crippen LogP contribution in [0.3, 0.4) is 0 Å². The summed E-state index contributed by atoms with van der Waals surface area (Å²) in [5.41, 5.74) is 2.18. The molecule has 3 nitrogen and oxygen atoms in total. The predicted molar refractivity (Wildman–Crippen MR) is 95.8 cm³/mol. The highest BCUT2D eigenvalue weighted by Gasteiger charge is 2.28. The molecular weight excluding hydrogens is 352 g/mol. The Morgan fingerprint density at radius 3 is 2.62 bits per heavy atom. The Balaban J connectivity index is 0.00000208. The zero-order valence-corrected chi connectivity index (χ0v) is 14.9. The average molecular weight is 372 g/mol. The van der Waals surface area contributed by atoms with Crippen molar-refractivity contribution < 1.29 is 13.9 Å². The van der Waals surface area contributed by atoms with Crippen molar-refractivity contribution in [3.63, 3.8) is 0 Å². The van der Waals surface area contributed by atoms with Crippen molar-refractivity contribution in [2.45, 2.75) is 19.1 Å². The molecule has 0 unspecified atom stereocenters.